The molecule has 2 heteroatoms. The Bertz CT molecular complexity index is 109. The van der Waals surface area contributed by atoms with Crippen LogP contribution in [0.2, 0.25) is 0 Å². The van der Waals surface area contributed by atoms with Crippen molar-refractivity contribution in [2.75, 3.05) is 0 Å². The van der Waals surface area contributed by atoms with Crippen LogP contribution in [0, 0.1) is 5.92 Å². The summed E-state index contributed by atoms with van der Waals surface area (Å²) < 4.78 is 4.83. The van der Waals surface area contributed by atoms with Gasteiger partial charge in [0.25, 0.3) is 0 Å². The molecule has 2 atom stereocenters. The molecule has 0 bridgehead atoms. The molecule has 1 rings (SSSR count). The first-order chi connectivity index (χ1) is 3.70. The average molecular weight is 114 g/mol. The number of hydrogen-bond donors (Lipinski definition) is 0. The van der Waals surface area contributed by atoms with Gasteiger partial charge in [0.1, 0.15) is 0 Å². The van der Waals surface area contributed by atoms with E-state index < -0.39 is 0 Å². The lowest BCUT2D eigenvalue weighted by Crippen LogP contribution is -2.02. The van der Waals surface area contributed by atoms with Crippen molar-refractivity contribution in [2.24, 2.45) is 5.92 Å². The molecule has 0 radical (unpaired) electrons. The second-order valence-corrected chi connectivity index (χ2v) is 2.38. The van der Waals surface area contributed by atoms with Crippen LogP contribution in [0.15, 0.2) is 0 Å². The Hall–Kier alpha value is -0.530. The normalized spacial score (nSPS) is 37.5. The third kappa shape index (κ3) is 0.831. The van der Waals surface area contributed by atoms with Gasteiger partial charge >= 0.3 is 5.97 Å². The summed E-state index contributed by atoms with van der Waals surface area (Å²) in [5.74, 6) is 0.0856. The van der Waals surface area contributed by atoms with Gasteiger partial charge < -0.3 is 4.74 Å². The summed E-state index contributed by atoms with van der Waals surface area (Å²) in [5, 5.41) is 0. The van der Waals surface area contributed by atoms with E-state index in [9.17, 15) is 4.79 Å². The van der Waals surface area contributed by atoms with Crippen molar-refractivity contribution in [2.45, 2.75) is 26.4 Å². The Morgan fingerprint density at radius 2 is 2.25 bits per heavy atom. The molecule has 0 amide bonds. The van der Waals surface area contributed by atoms with Crippen molar-refractivity contribution >= 4 is 5.97 Å². The van der Waals surface area contributed by atoms with Gasteiger partial charge in [-0.25, -0.2) is 0 Å². The molecule has 1 fully saturated rings. The van der Waals surface area contributed by atoms with Gasteiger partial charge in [0.05, 0.1) is 12.0 Å². The molecule has 8 heavy (non-hydrogen) atoms. The Labute approximate surface area is 48.8 Å². The maximum absolute atomic E-state index is 10.6. The van der Waals surface area contributed by atoms with Gasteiger partial charge in [-0.1, -0.05) is 6.92 Å². The monoisotopic (exact) mass is 114 g/mol. The minimum atomic E-state index is -0.0440. The van der Waals surface area contributed by atoms with E-state index in [-0.39, 0.29) is 18.0 Å². The van der Waals surface area contributed by atoms with Crippen molar-refractivity contribution in [1.29, 1.82) is 0 Å². The van der Waals surface area contributed by atoms with E-state index >= 15 is 0 Å². The first-order valence-corrected chi connectivity index (χ1v) is 2.90. The van der Waals surface area contributed by atoms with Gasteiger partial charge in [-0.2, -0.15) is 0 Å². The highest BCUT2D eigenvalue weighted by Crippen LogP contribution is 2.18. The van der Waals surface area contributed by atoms with Crippen LogP contribution in [-0.2, 0) is 9.53 Å². The number of rotatable bonds is 0. The number of cyclic esters (lactones) is 1. The molecule has 1 aliphatic heterocycles. The maximum atomic E-state index is 10.6. The van der Waals surface area contributed by atoms with E-state index in [4.69, 9.17) is 4.74 Å². The average Bonchev–Trinajstić information content (AvgIpc) is 1.85. The lowest BCUT2D eigenvalue weighted by Gasteiger charge is -1.95. The largest absolute Gasteiger partial charge is 0.462 e. The molecule has 0 N–H and O–H groups in total. The molecule has 2 nitrogen and oxygen atoms in total. The van der Waals surface area contributed by atoms with E-state index in [1.54, 1.807) is 0 Å². The van der Waals surface area contributed by atoms with Crippen LogP contribution in [0.1, 0.15) is 20.3 Å². The minimum absolute atomic E-state index is 0.0440. The summed E-state index contributed by atoms with van der Waals surface area (Å²) in [6.45, 7) is 3.81. The summed E-state index contributed by atoms with van der Waals surface area (Å²) in [4.78, 5) is 10.6. The van der Waals surface area contributed by atoms with Crippen LogP contribution < -0.4 is 0 Å². The smallest absolute Gasteiger partial charge is 0.309 e. The topological polar surface area (TPSA) is 26.3 Å². The number of esters is 1. The first kappa shape index (κ1) is 5.60. The zero-order valence-electron chi connectivity index (χ0n) is 5.18. The van der Waals surface area contributed by atoms with Gasteiger partial charge in [-0.15, -0.1) is 0 Å². The Morgan fingerprint density at radius 1 is 1.62 bits per heavy atom. The highest BCUT2D eigenvalue weighted by molar-refractivity contribution is 5.73. The Balaban J connectivity index is 2.51. The Morgan fingerprint density at radius 3 is 2.38 bits per heavy atom. The summed E-state index contributed by atoms with van der Waals surface area (Å²) in [6.07, 6.45) is 1.04. The van der Waals surface area contributed by atoms with Crippen LogP contribution in [0.5, 0.6) is 0 Å². The molecule has 0 spiro atoms. The summed E-state index contributed by atoms with van der Waals surface area (Å²) >= 11 is 0. The third-order valence-corrected chi connectivity index (χ3v) is 1.41. The molecule has 1 aliphatic rings. The number of carbonyl (C=O) groups is 1. The van der Waals surface area contributed by atoms with Crippen LogP contribution in [0.25, 0.3) is 0 Å². The van der Waals surface area contributed by atoms with Crippen molar-refractivity contribution in [3.63, 3.8) is 0 Å². The van der Waals surface area contributed by atoms with Gasteiger partial charge in [-0.05, 0) is 13.3 Å². The maximum Gasteiger partial charge on any atom is 0.309 e. The van der Waals surface area contributed by atoms with Gasteiger partial charge in [0.15, 0.2) is 0 Å². The number of ether oxygens (including phenoxy) is 1. The summed E-state index contributed by atoms with van der Waals surface area (Å²) in [7, 11) is 0. The molecule has 0 aromatic carbocycles. The number of carbonyl (C=O) groups excluding carboxylic acids is 1. The molecular weight excluding hydrogens is 104 g/mol. The van der Waals surface area contributed by atoms with Gasteiger partial charge in [-0.3, -0.25) is 4.79 Å². The fourth-order valence-electron chi connectivity index (χ4n) is 0.957. The summed E-state index contributed by atoms with van der Waals surface area (Å²) in [6, 6.07) is 0. The molecule has 1 heterocycles. The zero-order valence-corrected chi connectivity index (χ0v) is 5.18. The molecule has 0 aromatic rings. The quantitative estimate of drug-likeness (QED) is 0.438. The van der Waals surface area contributed by atoms with E-state index in [0.29, 0.717) is 0 Å². The summed E-state index contributed by atoms with van der Waals surface area (Å²) in [5.41, 5.74) is 0. The van der Waals surface area contributed by atoms with Crippen LogP contribution in [0.3, 0.4) is 0 Å². The van der Waals surface area contributed by atoms with Gasteiger partial charge in [0, 0.05) is 0 Å². The predicted molar refractivity (Wildman–Crippen MR) is 29.3 cm³/mol. The standard InChI is InChI=1S/C6H10O2/c1-4-3-5(2)8-6(4)7/h4-5H,3H2,1-2H3/t4?,5-/m1/s1. The van der Waals surface area contributed by atoms with E-state index in [1.807, 2.05) is 13.8 Å². The second kappa shape index (κ2) is 1.77. The molecule has 1 saturated heterocycles. The lowest BCUT2D eigenvalue weighted by atomic mass is 10.1. The SMILES string of the molecule is CC1C[C@@H](C)OC1=O. The van der Waals surface area contributed by atoms with Crippen LogP contribution >= 0.6 is 0 Å². The second-order valence-electron chi connectivity index (χ2n) is 2.38. The first-order valence-electron chi connectivity index (χ1n) is 2.90. The van der Waals surface area contributed by atoms with Crippen LogP contribution in [0.4, 0.5) is 0 Å². The molecule has 0 aromatic heterocycles. The molecule has 46 valence electrons. The van der Waals surface area contributed by atoms with Gasteiger partial charge in [0.2, 0.25) is 0 Å². The fraction of sp³-hybridized carbons (Fsp3) is 0.833. The minimum Gasteiger partial charge on any atom is -0.462 e. The zero-order chi connectivity index (χ0) is 6.15. The van der Waals surface area contributed by atoms with Crippen molar-refractivity contribution in [1.82, 2.24) is 0 Å². The Kier molecular flexibility index (Phi) is 1.24. The van der Waals surface area contributed by atoms with Crippen LogP contribution in [-0.4, -0.2) is 12.1 Å². The van der Waals surface area contributed by atoms with E-state index in [1.165, 1.54) is 0 Å². The van der Waals surface area contributed by atoms with E-state index in [2.05, 4.69) is 0 Å². The molecular formula is C6H10O2. The number of hydrogen-bond acceptors (Lipinski definition) is 2. The third-order valence-electron chi connectivity index (χ3n) is 1.41. The van der Waals surface area contributed by atoms with Crippen molar-refractivity contribution in [3.05, 3.63) is 0 Å². The predicted octanol–water partition coefficient (Wildman–Crippen LogP) is 0.958. The highest BCUT2D eigenvalue weighted by atomic mass is 16.5. The fourth-order valence-corrected chi connectivity index (χ4v) is 0.957. The van der Waals surface area contributed by atoms with Crippen molar-refractivity contribution < 1.29 is 9.53 Å². The molecule has 1 unspecified atom stereocenters. The highest BCUT2D eigenvalue weighted by Gasteiger charge is 2.27. The molecule has 0 saturated carbocycles. The van der Waals surface area contributed by atoms with Crippen molar-refractivity contribution in [3.8, 4) is 0 Å². The lowest BCUT2D eigenvalue weighted by molar-refractivity contribution is -0.143. The van der Waals surface area contributed by atoms with E-state index in [0.717, 1.165) is 6.42 Å². The molecule has 0 aliphatic carbocycles.